The average molecular weight is 654 g/mol. The summed E-state index contributed by atoms with van der Waals surface area (Å²) < 4.78 is 12.7. The Morgan fingerprint density at radius 3 is 1.16 bits per heavy atom. The Balaban J connectivity index is 0.966. The van der Waals surface area contributed by atoms with Gasteiger partial charge in [0, 0.05) is 49.7 Å². The van der Waals surface area contributed by atoms with Crippen LogP contribution in [0.3, 0.4) is 0 Å². The lowest BCUT2D eigenvalue weighted by Crippen LogP contribution is -2.09. The van der Waals surface area contributed by atoms with E-state index in [0.717, 1.165) is 94.3 Å². The molecule has 240 valence electrons. The van der Waals surface area contributed by atoms with E-state index in [0.29, 0.717) is 0 Å². The highest BCUT2D eigenvalue weighted by molar-refractivity contribution is 6.10. The zero-order valence-corrected chi connectivity index (χ0v) is 27.7. The smallest absolute Gasteiger partial charge is 0.143 e. The number of rotatable bonds is 6. The Kier molecular flexibility index (Phi) is 6.81. The summed E-state index contributed by atoms with van der Waals surface area (Å²) in [6.07, 6.45) is 0. The minimum Gasteiger partial charge on any atom is -0.455 e. The van der Waals surface area contributed by atoms with E-state index in [2.05, 4.69) is 169 Å². The number of nitrogens with zero attached hydrogens (tertiary/aromatic N) is 1. The molecule has 0 bridgehead atoms. The van der Waals surface area contributed by atoms with E-state index in [9.17, 15) is 0 Å². The molecule has 0 saturated heterocycles. The standard InChI is InChI=1S/C48H31NO2/c1-2-10-36(11-3-1)49(38-30-26-35(27-31-38)40-15-9-17-44-42-13-5-7-19-46(42)51-48(40)44)37-28-24-33(25-29-37)32-20-22-34(23-21-32)39-14-8-16-43-41-12-4-6-18-45(41)50-47(39)43/h1-31H. The second kappa shape index (κ2) is 11.9. The monoisotopic (exact) mass is 653 g/mol. The molecule has 0 aliphatic heterocycles. The molecule has 0 N–H and O–H groups in total. The van der Waals surface area contributed by atoms with Crippen LogP contribution in [0.25, 0.3) is 77.3 Å². The first-order valence-corrected chi connectivity index (χ1v) is 17.3. The van der Waals surface area contributed by atoms with Crippen molar-refractivity contribution in [3.05, 3.63) is 188 Å². The summed E-state index contributed by atoms with van der Waals surface area (Å²) >= 11 is 0. The first-order valence-electron chi connectivity index (χ1n) is 17.3. The molecule has 2 heterocycles. The van der Waals surface area contributed by atoms with Gasteiger partial charge in [-0.2, -0.15) is 0 Å². The fraction of sp³-hybridized carbons (Fsp3) is 0. The van der Waals surface area contributed by atoms with E-state index in [-0.39, 0.29) is 0 Å². The van der Waals surface area contributed by atoms with Crippen molar-refractivity contribution < 1.29 is 8.83 Å². The van der Waals surface area contributed by atoms with Crippen molar-refractivity contribution >= 4 is 60.9 Å². The second-order valence-electron chi connectivity index (χ2n) is 12.9. The van der Waals surface area contributed by atoms with Crippen molar-refractivity contribution in [1.29, 1.82) is 0 Å². The molecule has 0 atom stereocenters. The number of para-hydroxylation sites is 5. The van der Waals surface area contributed by atoms with Crippen LogP contribution in [0, 0.1) is 0 Å². The molecule has 51 heavy (non-hydrogen) atoms. The van der Waals surface area contributed by atoms with Crippen molar-refractivity contribution in [1.82, 2.24) is 0 Å². The van der Waals surface area contributed by atoms with Gasteiger partial charge in [0.15, 0.2) is 0 Å². The normalized spacial score (nSPS) is 11.5. The number of furan rings is 2. The molecule has 0 aliphatic rings. The molecule has 0 amide bonds. The Morgan fingerprint density at radius 1 is 0.275 bits per heavy atom. The molecule has 0 aliphatic carbocycles. The Bertz CT molecular complexity index is 2830. The van der Waals surface area contributed by atoms with Gasteiger partial charge in [-0.25, -0.2) is 0 Å². The van der Waals surface area contributed by atoms with Gasteiger partial charge in [0.1, 0.15) is 22.3 Å². The second-order valence-corrected chi connectivity index (χ2v) is 12.9. The van der Waals surface area contributed by atoms with Crippen LogP contribution in [-0.4, -0.2) is 0 Å². The Labute approximate surface area is 295 Å². The lowest BCUT2D eigenvalue weighted by Gasteiger charge is -2.26. The third kappa shape index (κ3) is 4.98. The van der Waals surface area contributed by atoms with Crippen LogP contribution in [0.1, 0.15) is 0 Å². The quantitative estimate of drug-likeness (QED) is 0.179. The van der Waals surface area contributed by atoms with Crippen molar-refractivity contribution in [3.8, 4) is 33.4 Å². The molecule has 0 radical (unpaired) electrons. The van der Waals surface area contributed by atoms with E-state index in [4.69, 9.17) is 8.83 Å². The molecule has 0 saturated carbocycles. The van der Waals surface area contributed by atoms with Crippen molar-refractivity contribution in [3.63, 3.8) is 0 Å². The molecular formula is C48H31NO2. The van der Waals surface area contributed by atoms with E-state index >= 15 is 0 Å². The van der Waals surface area contributed by atoms with Gasteiger partial charge in [0.25, 0.3) is 0 Å². The lowest BCUT2D eigenvalue weighted by molar-refractivity contribution is 0.669. The van der Waals surface area contributed by atoms with Gasteiger partial charge >= 0.3 is 0 Å². The van der Waals surface area contributed by atoms with Crippen LogP contribution in [-0.2, 0) is 0 Å². The number of benzene rings is 8. The summed E-state index contributed by atoms with van der Waals surface area (Å²) in [5.41, 5.74) is 13.7. The summed E-state index contributed by atoms with van der Waals surface area (Å²) in [6, 6.07) is 66.1. The molecule has 3 nitrogen and oxygen atoms in total. The number of hydrogen-bond acceptors (Lipinski definition) is 3. The summed E-state index contributed by atoms with van der Waals surface area (Å²) in [4.78, 5) is 2.30. The summed E-state index contributed by atoms with van der Waals surface area (Å²) in [7, 11) is 0. The molecule has 0 spiro atoms. The van der Waals surface area contributed by atoms with E-state index in [1.165, 1.54) is 0 Å². The minimum absolute atomic E-state index is 0.909. The van der Waals surface area contributed by atoms with Gasteiger partial charge in [-0.3, -0.25) is 0 Å². The highest BCUT2D eigenvalue weighted by Crippen LogP contribution is 2.40. The molecule has 8 aromatic carbocycles. The van der Waals surface area contributed by atoms with E-state index in [1.807, 2.05) is 24.3 Å². The Hall–Kier alpha value is -6.84. The molecule has 0 unspecified atom stereocenters. The first kappa shape index (κ1) is 29.1. The van der Waals surface area contributed by atoms with Crippen LogP contribution in [0.15, 0.2) is 197 Å². The van der Waals surface area contributed by atoms with E-state index < -0.39 is 0 Å². The summed E-state index contributed by atoms with van der Waals surface area (Å²) in [5, 5.41) is 4.56. The maximum Gasteiger partial charge on any atom is 0.143 e. The summed E-state index contributed by atoms with van der Waals surface area (Å²) in [5.74, 6) is 0. The highest BCUT2D eigenvalue weighted by Gasteiger charge is 2.16. The van der Waals surface area contributed by atoms with Crippen LogP contribution in [0.4, 0.5) is 17.1 Å². The van der Waals surface area contributed by atoms with Crippen molar-refractivity contribution in [2.45, 2.75) is 0 Å². The van der Waals surface area contributed by atoms with E-state index in [1.54, 1.807) is 0 Å². The van der Waals surface area contributed by atoms with Crippen LogP contribution >= 0.6 is 0 Å². The van der Waals surface area contributed by atoms with Gasteiger partial charge in [-0.15, -0.1) is 0 Å². The highest BCUT2D eigenvalue weighted by atomic mass is 16.3. The Morgan fingerprint density at radius 2 is 0.647 bits per heavy atom. The zero-order chi connectivity index (χ0) is 33.7. The number of hydrogen-bond donors (Lipinski definition) is 0. The van der Waals surface area contributed by atoms with Gasteiger partial charge in [-0.1, -0.05) is 140 Å². The zero-order valence-electron chi connectivity index (χ0n) is 27.7. The summed E-state index contributed by atoms with van der Waals surface area (Å²) in [6.45, 7) is 0. The molecule has 10 rings (SSSR count). The van der Waals surface area contributed by atoms with Gasteiger partial charge in [0.05, 0.1) is 0 Å². The lowest BCUT2D eigenvalue weighted by atomic mass is 9.98. The minimum atomic E-state index is 0.909. The predicted molar refractivity (Wildman–Crippen MR) is 212 cm³/mol. The van der Waals surface area contributed by atoms with Crippen LogP contribution in [0.2, 0.25) is 0 Å². The van der Waals surface area contributed by atoms with Crippen molar-refractivity contribution in [2.24, 2.45) is 0 Å². The maximum atomic E-state index is 6.34. The van der Waals surface area contributed by atoms with Gasteiger partial charge in [0.2, 0.25) is 0 Å². The number of anilines is 3. The van der Waals surface area contributed by atoms with Crippen LogP contribution in [0.5, 0.6) is 0 Å². The molecular weight excluding hydrogens is 623 g/mol. The largest absolute Gasteiger partial charge is 0.455 e. The third-order valence-electron chi connectivity index (χ3n) is 9.91. The molecule has 0 fully saturated rings. The SMILES string of the molecule is c1ccc(N(c2ccc(-c3ccc(-c4cccc5c4oc4ccccc45)cc3)cc2)c2ccc(-c3cccc4c3oc3ccccc34)cc2)cc1. The first-order chi connectivity index (χ1) is 25.3. The average Bonchev–Trinajstić information content (AvgIpc) is 3.78. The van der Waals surface area contributed by atoms with Gasteiger partial charge in [-0.05, 0) is 70.8 Å². The van der Waals surface area contributed by atoms with Gasteiger partial charge < -0.3 is 13.7 Å². The predicted octanol–water partition coefficient (Wildman–Crippen LogP) is 14.0. The molecule has 10 aromatic rings. The third-order valence-corrected chi connectivity index (χ3v) is 9.91. The van der Waals surface area contributed by atoms with Crippen LogP contribution < -0.4 is 4.90 Å². The maximum absolute atomic E-state index is 6.34. The van der Waals surface area contributed by atoms with Crippen molar-refractivity contribution in [2.75, 3.05) is 4.90 Å². The fourth-order valence-corrected chi connectivity index (χ4v) is 7.41. The fourth-order valence-electron chi connectivity index (χ4n) is 7.41. The molecule has 2 aromatic heterocycles. The number of fused-ring (bicyclic) bond motifs is 6. The topological polar surface area (TPSA) is 29.5 Å². The molecule has 3 heteroatoms.